The summed E-state index contributed by atoms with van der Waals surface area (Å²) in [5.41, 5.74) is -0.530. The van der Waals surface area contributed by atoms with E-state index in [4.69, 9.17) is 4.74 Å². The third kappa shape index (κ3) is 7.06. The number of esters is 1. The Morgan fingerprint density at radius 1 is 1.37 bits per heavy atom. The molecule has 1 aliphatic heterocycles. The number of hydrogen-bond acceptors (Lipinski definition) is 5. The summed E-state index contributed by atoms with van der Waals surface area (Å²) in [6.07, 6.45) is 0.698. The van der Waals surface area contributed by atoms with Gasteiger partial charge in [-0.05, 0) is 33.1 Å². The molecular formula is C12H22O5S2. The second-order valence-electron chi connectivity index (χ2n) is 5.92. The van der Waals surface area contributed by atoms with Crippen LogP contribution in [0.2, 0.25) is 0 Å². The van der Waals surface area contributed by atoms with Crippen LogP contribution in [-0.2, 0) is 30.2 Å². The molecule has 0 radical (unpaired) electrons. The van der Waals surface area contributed by atoms with Gasteiger partial charge in [-0.3, -0.25) is 9.00 Å². The van der Waals surface area contributed by atoms with Crippen LogP contribution in [0.25, 0.3) is 0 Å². The summed E-state index contributed by atoms with van der Waals surface area (Å²) < 4.78 is 39.5. The van der Waals surface area contributed by atoms with Crippen molar-refractivity contribution in [3.8, 4) is 0 Å². The van der Waals surface area contributed by atoms with Gasteiger partial charge in [-0.1, -0.05) is 0 Å². The quantitative estimate of drug-likeness (QED) is 0.705. The highest BCUT2D eigenvalue weighted by Gasteiger charge is 2.29. The van der Waals surface area contributed by atoms with Crippen molar-refractivity contribution in [2.24, 2.45) is 5.92 Å². The minimum atomic E-state index is -2.92. The predicted octanol–water partition coefficient (Wildman–Crippen LogP) is 0.902. The summed E-state index contributed by atoms with van der Waals surface area (Å²) in [5.74, 6) is 0.545. The molecule has 1 fully saturated rings. The van der Waals surface area contributed by atoms with Gasteiger partial charge in [0.15, 0.2) is 9.84 Å². The van der Waals surface area contributed by atoms with Crippen molar-refractivity contribution in [2.75, 3.05) is 23.0 Å². The first-order chi connectivity index (χ1) is 8.57. The largest absolute Gasteiger partial charge is 0.460 e. The zero-order chi connectivity index (χ0) is 14.7. The molecule has 1 aliphatic rings. The van der Waals surface area contributed by atoms with Crippen molar-refractivity contribution in [1.82, 2.24) is 0 Å². The minimum Gasteiger partial charge on any atom is -0.460 e. The zero-order valence-electron chi connectivity index (χ0n) is 11.7. The van der Waals surface area contributed by atoms with Crippen molar-refractivity contribution < 1.29 is 22.2 Å². The Labute approximate surface area is 117 Å². The summed E-state index contributed by atoms with van der Waals surface area (Å²) >= 11 is 0. The van der Waals surface area contributed by atoms with Crippen LogP contribution in [0.1, 0.15) is 33.6 Å². The molecule has 0 aromatic heterocycles. The Kier molecular flexibility index (Phi) is 5.55. The highest BCUT2D eigenvalue weighted by atomic mass is 32.2. The minimum absolute atomic E-state index is 0.0236. The summed E-state index contributed by atoms with van der Waals surface area (Å²) in [5, 5.41) is 0. The maximum absolute atomic E-state index is 11.8. The van der Waals surface area contributed by atoms with Gasteiger partial charge in [0.25, 0.3) is 0 Å². The molecule has 112 valence electrons. The van der Waals surface area contributed by atoms with Crippen LogP contribution in [-0.4, -0.2) is 47.2 Å². The van der Waals surface area contributed by atoms with E-state index in [1.165, 1.54) is 0 Å². The molecule has 1 heterocycles. The summed E-state index contributed by atoms with van der Waals surface area (Å²) in [6.45, 7) is 5.35. The number of rotatable bonds is 5. The lowest BCUT2D eigenvalue weighted by atomic mass is 10.2. The molecule has 0 aliphatic carbocycles. The Bertz CT molecular complexity index is 447. The standard InChI is InChI=1S/C12H22O5S2/c1-12(2,3)17-11(13)4-6-18(14)8-10-5-7-19(15,16)9-10/h10H,4-9H2,1-3H3/t10-,18-/m1/s1. The molecule has 0 bridgehead atoms. The Balaban J connectivity index is 2.27. The molecule has 0 aromatic carbocycles. The van der Waals surface area contributed by atoms with Gasteiger partial charge in [-0.2, -0.15) is 0 Å². The van der Waals surface area contributed by atoms with Crippen LogP contribution in [0.3, 0.4) is 0 Å². The second kappa shape index (κ2) is 6.35. The van der Waals surface area contributed by atoms with Gasteiger partial charge in [0.2, 0.25) is 0 Å². The van der Waals surface area contributed by atoms with Gasteiger partial charge in [-0.15, -0.1) is 0 Å². The Morgan fingerprint density at radius 2 is 2.00 bits per heavy atom. The number of sulfone groups is 1. The van der Waals surface area contributed by atoms with Crippen molar-refractivity contribution in [1.29, 1.82) is 0 Å². The van der Waals surface area contributed by atoms with Crippen molar-refractivity contribution in [2.45, 2.75) is 39.2 Å². The average molecular weight is 310 g/mol. The maximum atomic E-state index is 11.8. The van der Waals surface area contributed by atoms with Gasteiger partial charge < -0.3 is 4.74 Å². The van der Waals surface area contributed by atoms with Crippen LogP contribution in [0, 0.1) is 5.92 Å². The molecule has 1 rings (SSSR count). The highest BCUT2D eigenvalue weighted by molar-refractivity contribution is 7.91. The molecular weight excluding hydrogens is 288 g/mol. The van der Waals surface area contributed by atoms with Crippen molar-refractivity contribution in [3.05, 3.63) is 0 Å². The topological polar surface area (TPSA) is 77.5 Å². The first kappa shape index (κ1) is 16.6. The van der Waals surface area contributed by atoms with E-state index in [0.29, 0.717) is 12.2 Å². The molecule has 2 atom stereocenters. The molecule has 5 nitrogen and oxygen atoms in total. The van der Waals surface area contributed by atoms with E-state index < -0.39 is 26.2 Å². The van der Waals surface area contributed by atoms with Crippen LogP contribution in [0.5, 0.6) is 0 Å². The third-order valence-electron chi connectivity index (χ3n) is 2.70. The lowest BCUT2D eigenvalue weighted by Crippen LogP contribution is -2.25. The van der Waals surface area contributed by atoms with Gasteiger partial charge in [0, 0.05) is 22.3 Å². The molecule has 1 saturated heterocycles. The molecule has 0 unspecified atom stereocenters. The van der Waals surface area contributed by atoms with Gasteiger partial charge >= 0.3 is 5.97 Å². The van der Waals surface area contributed by atoms with Gasteiger partial charge in [0.1, 0.15) is 5.60 Å². The van der Waals surface area contributed by atoms with E-state index in [1.807, 2.05) is 0 Å². The summed E-state index contributed by atoms with van der Waals surface area (Å²) in [6, 6.07) is 0. The fourth-order valence-electron chi connectivity index (χ4n) is 1.94. The normalized spacial score (nSPS) is 24.1. The molecule has 0 aromatic rings. The molecule has 0 spiro atoms. The number of hydrogen-bond donors (Lipinski definition) is 0. The van der Waals surface area contributed by atoms with Gasteiger partial charge in [-0.25, -0.2) is 8.42 Å². The van der Waals surface area contributed by atoms with E-state index >= 15 is 0 Å². The molecule has 0 amide bonds. The Hall–Kier alpha value is -0.430. The number of carbonyl (C=O) groups excluding carboxylic acids is 1. The third-order valence-corrected chi connectivity index (χ3v) is 6.04. The molecule has 0 saturated carbocycles. The Morgan fingerprint density at radius 3 is 2.47 bits per heavy atom. The van der Waals surface area contributed by atoms with E-state index in [0.717, 1.165) is 0 Å². The molecule has 0 N–H and O–H groups in total. The zero-order valence-corrected chi connectivity index (χ0v) is 13.3. The second-order valence-corrected chi connectivity index (χ2v) is 9.77. The van der Waals surface area contributed by atoms with E-state index in [2.05, 4.69) is 0 Å². The van der Waals surface area contributed by atoms with Crippen molar-refractivity contribution >= 4 is 26.6 Å². The SMILES string of the molecule is CC(C)(C)OC(=O)CC[S@@](=O)C[C@H]1CCS(=O)(=O)C1. The van der Waals surface area contributed by atoms with Crippen LogP contribution in [0.4, 0.5) is 0 Å². The lowest BCUT2D eigenvalue weighted by Gasteiger charge is -2.19. The molecule has 7 heteroatoms. The molecule has 19 heavy (non-hydrogen) atoms. The first-order valence-electron chi connectivity index (χ1n) is 6.35. The lowest BCUT2D eigenvalue weighted by molar-refractivity contribution is -0.154. The number of ether oxygens (including phenoxy) is 1. The fourth-order valence-corrected chi connectivity index (χ4v) is 5.32. The monoisotopic (exact) mass is 310 g/mol. The fraction of sp³-hybridized carbons (Fsp3) is 0.917. The van der Waals surface area contributed by atoms with Crippen LogP contribution < -0.4 is 0 Å². The van der Waals surface area contributed by atoms with Crippen molar-refractivity contribution in [3.63, 3.8) is 0 Å². The number of carbonyl (C=O) groups is 1. The predicted molar refractivity (Wildman–Crippen MR) is 75.1 cm³/mol. The average Bonchev–Trinajstić information content (AvgIpc) is 2.52. The maximum Gasteiger partial charge on any atom is 0.307 e. The van der Waals surface area contributed by atoms with Crippen LogP contribution in [0.15, 0.2) is 0 Å². The van der Waals surface area contributed by atoms with Crippen LogP contribution >= 0.6 is 0 Å². The van der Waals surface area contributed by atoms with E-state index in [9.17, 15) is 17.4 Å². The first-order valence-corrected chi connectivity index (χ1v) is 9.65. The highest BCUT2D eigenvalue weighted by Crippen LogP contribution is 2.19. The van der Waals surface area contributed by atoms with E-state index in [-0.39, 0.29) is 35.6 Å². The van der Waals surface area contributed by atoms with Gasteiger partial charge in [0.05, 0.1) is 17.9 Å². The summed E-state index contributed by atoms with van der Waals surface area (Å²) in [4.78, 5) is 11.5. The smallest absolute Gasteiger partial charge is 0.307 e. The summed E-state index contributed by atoms with van der Waals surface area (Å²) in [7, 11) is -4.08. The van der Waals surface area contributed by atoms with E-state index in [1.54, 1.807) is 20.8 Å².